The van der Waals surface area contributed by atoms with Crippen LogP contribution in [0.3, 0.4) is 0 Å². The van der Waals surface area contributed by atoms with Gasteiger partial charge >= 0.3 is 0 Å². The van der Waals surface area contributed by atoms with Crippen molar-refractivity contribution in [2.45, 2.75) is 6.54 Å². The van der Waals surface area contributed by atoms with Gasteiger partial charge in [0.15, 0.2) is 0 Å². The molecule has 3 N–H and O–H groups in total. The van der Waals surface area contributed by atoms with Gasteiger partial charge in [-0.25, -0.2) is 8.78 Å². The Kier molecular flexibility index (Phi) is 4.37. The van der Waals surface area contributed by atoms with E-state index in [0.29, 0.717) is 23.1 Å². The summed E-state index contributed by atoms with van der Waals surface area (Å²) in [5.41, 5.74) is 6.78. The number of amides is 1. The second-order valence-corrected chi connectivity index (χ2v) is 4.41. The maximum atomic E-state index is 13.1. The van der Waals surface area contributed by atoms with Gasteiger partial charge in [0.1, 0.15) is 17.4 Å². The highest BCUT2D eigenvalue weighted by Gasteiger charge is 2.10. The van der Waals surface area contributed by atoms with Crippen LogP contribution in [0.5, 0.6) is 5.75 Å². The molecule has 0 heterocycles. The minimum absolute atomic E-state index is 0.0876. The number of benzene rings is 2. The molecule has 2 aromatic rings. The SMILES string of the molecule is COc1ccc(N)cc1CNC(=O)c1cc(F)cc(F)c1. The lowest BCUT2D eigenvalue weighted by Gasteiger charge is -2.10. The van der Waals surface area contributed by atoms with Crippen LogP contribution >= 0.6 is 0 Å². The standard InChI is InChI=1S/C15H14F2N2O2/c1-21-14-3-2-13(18)6-10(14)8-19-15(20)9-4-11(16)7-12(17)5-9/h2-7H,8,18H2,1H3,(H,19,20). The Morgan fingerprint density at radius 2 is 1.86 bits per heavy atom. The number of carbonyl (C=O) groups is 1. The van der Waals surface area contributed by atoms with Gasteiger partial charge in [0.25, 0.3) is 5.91 Å². The van der Waals surface area contributed by atoms with Crippen LogP contribution in [0.4, 0.5) is 14.5 Å². The molecule has 1 amide bonds. The van der Waals surface area contributed by atoms with Crippen molar-refractivity contribution in [1.29, 1.82) is 0 Å². The van der Waals surface area contributed by atoms with E-state index in [2.05, 4.69) is 5.32 Å². The minimum Gasteiger partial charge on any atom is -0.496 e. The molecule has 0 bridgehead atoms. The monoisotopic (exact) mass is 292 g/mol. The van der Waals surface area contributed by atoms with E-state index in [1.165, 1.54) is 7.11 Å². The number of anilines is 1. The highest BCUT2D eigenvalue weighted by atomic mass is 19.1. The minimum atomic E-state index is -0.804. The summed E-state index contributed by atoms with van der Waals surface area (Å²) in [5, 5.41) is 2.56. The van der Waals surface area contributed by atoms with E-state index < -0.39 is 17.5 Å². The predicted octanol–water partition coefficient (Wildman–Crippen LogP) is 2.49. The van der Waals surface area contributed by atoms with Crippen molar-refractivity contribution in [3.63, 3.8) is 0 Å². The second kappa shape index (κ2) is 6.21. The van der Waals surface area contributed by atoms with Crippen molar-refractivity contribution in [2.75, 3.05) is 12.8 Å². The molecule has 0 aliphatic heterocycles. The van der Waals surface area contributed by atoms with Crippen LogP contribution in [0.2, 0.25) is 0 Å². The molecule has 6 heteroatoms. The molecule has 4 nitrogen and oxygen atoms in total. The third-order valence-corrected chi connectivity index (χ3v) is 2.87. The van der Waals surface area contributed by atoms with Crippen LogP contribution in [-0.4, -0.2) is 13.0 Å². The predicted molar refractivity (Wildman–Crippen MR) is 74.9 cm³/mol. The molecule has 110 valence electrons. The van der Waals surface area contributed by atoms with Crippen molar-refractivity contribution in [3.8, 4) is 5.75 Å². The fraction of sp³-hybridized carbons (Fsp3) is 0.133. The molecule has 2 aromatic carbocycles. The largest absolute Gasteiger partial charge is 0.496 e. The first kappa shape index (κ1) is 14.8. The Balaban J connectivity index is 2.12. The Morgan fingerprint density at radius 1 is 1.19 bits per heavy atom. The van der Waals surface area contributed by atoms with E-state index in [4.69, 9.17) is 10.5 Å². The highest BCUT2D eigenvalue weighted by Crippen LogP contribution is 2.21. The molecule has 21 heavy (non-hydrogen) atoms. The summed E-state index contributed by atoms with van der Waals surface area (Å²) in [4.78, 5) is 11.9. The molecule has 0 fully saturated rings. The number of rotatable bonds is 4. The first-order valence-corrected chi connectivity index (χ1v) is 6.16. The van der Waals surface area contributed by atoms with E-state index in [1.54, 1.807) is 18.2 Å². The normalized spacial score (nSPS) is 10.2. The Labute approximate surface area is 120 Å². The first-order chi connectivity index (χ1) is 9.99. The summed E-state index contributed by atoms with van der Waals surface area (Å²) < 4.78 is 31.3. The molecular weight excluding hydrogens is 278 g/mol. The van der Waals surface area contributed by atoms with Gasteiger partial charge in [-0.05, 0) is 30.3 Å². The van der Waals surface area contributed by atoms with Gasteiger partial charge in [0.2, 0.25) is 0 Å². The van der Waals surface area contributed by atoms with E-state index in [9.17, 15) is 13.6 Å². The Morgan fingerprint density at radius 3 is 2.48 bits per heavy atom. The van der Waals surface area contributed by atoms with E-state index >= 15 is 0 Å². The van der Waals surface area contributed by atoms with Crippen molar-refractivity contribution in [3.05, 3.63) is 59.2 Å². The lowest BCUT2D eigenvalue weighted by molar-refractivity contribution is 0.0949. The zero-order valence-electron chi connectivity index (χ0n) is 11.3. The summed E-state index contributed by atoms with van der Waals surface area (Å²) in [6, 6.07) is 7.65. The third-order valence-electron chi connectivity index (χ3n) is 2.87. The molecule has 0 saturated carbocycles. The fourth-order valence-corrected chi connectivity index (χ4v) is 1.90. The lowest BCUT2D eigenvalue weighted by Crippen LogP contribution is -2.23. The van der Waals surface area contributed by atoms with E-state index in [-0.39, 0.29) is 12.1 Å². The number of methoxy groups -OCH3 is 1. The summed E-state index contributed by atoms with van der Waals surface area (Å²) in [6.45, 7) is 0.130. The smallest absolute Gasteiger partial charge is 0.251 e. The highest BCUT2D eigenvalue weighted by molar-refractivity contribution is 5.94. The Bertz CT molecular complexity index is 654. The molecule has 0 aliphatic rings. The van der Waals surface area contributed by atoms with Crippen LogP contribution in [0.1, 0.15) is 15.9 Å². The summed E-state index contributed by atoms with van der Waals surface area (Å²) >= 11 is 0. The lowest BCUT2D eigenvalue weighted by atomic mass is 10.1. The van der Waals surface area contributed by atoms with Crippen LogP contribution in [0.15, 0.2) is 36.4 Å². The number of nitrogen functional groups attached to an aromatic ring is 1. The number of ether oxygens (including phenoxy) is 1. The average Bonchev–Trinajstić information content (AvgIpc) is 2.43. The number of halogens is 2. The van der Waals surface area contributed by atoms with Crippen LogP contribution in [0.25, 0.3) is 0 Å². The molecular formula is C15H14F2N2O2. The third kappa shape index (κ3) is 3.68. The molecule has 0 spiro atoms. The van der Waals surface area contributed by atoms with Gasteiger partial charge in [0, 0.05) is 29.4 Å². The molecule has 0 saturated heterocycles. The maximum absolute atomic E-state index is 13.1. The van der Waals surface area contributed by atoms with Gasteiger partial charge in [-0.2, -0.15) is 0 Å². The van der Waals surface area contributed by atoms with Crippen LogP contribution < -0.4 is 15.8 Å². The second-order valence-electron chi connectivity index (χ2n) is 4.41. The number of carbonyl (C=O) groups excluding carboxylic acids is 1. The molecule has 0 aliphatic carbocycles. The van der Waals surface area contributed by atoms with Gasteiger partial charge < -0.3 is 15.8 Å². The van der Waals surface area contributed by atoms with E-state index in [1.807, 2.05) is 0 Å². The Hall–Kier alpha value is -2.63. The zero-order chi connectivity index (χ0) is 15.4. The van der Waals surface area contributed by atoms with Crippen LogP contribution in [-0.2, 0) is 6.54 Å². The first-order valence-electron chi connectivity index (χ1n) is 6.16. The fourth-order valence-electron chi connectivity index (χ4n) is 1.90. The summed E-state index contributed by atoms with van der Waals surface area (Å²) in [6.07, 6.45) is 0. The topological polar surface area (TPSA) is 64.3 Å². The molecule has 2 rings (SSSR count). The quantitative estimate of drug-likeness (QED) is 0.851. The molecule has 0 atom stereocenters. The van der Waals surface area contributed by atoms with Gasteiger partial charge in [-0.3, -0.25) is 4.79 Å². The van der Waals surface area contributed by atoms with Gasteiger partial charge in [0.05, 0.1) is 7.11 Å². The summed E-state index contributed by atoms with van der Waals surface area (Å²) in [7, 11) is 1.50. The maximum Gasteiger partial charge on any atom is 0.251 e. The number of hydrogen-bond acceptors (Lipinski definition) is 3. The van der Waals surface area contributed by atoms with Crippen molar-refractivity contribution in [2.24, 2.45) is 0 Å². The number of nitrogens with two attached hydrogens (primary N) is 1. The number of nitrogens with one attached hydrogen (secondary N) is 1. The number of hydrogen-bond donors (Lipinski definition) is 2. The average molecular weight is 292 g/mol. The molecule has 0 radical (unpaired) electrons. The van der Waals surface area contributed by atoms with Gasteiger partial charge in [-0.1, -0.05) is 0 Å². The zero-order valence-corrected chi connectivity index (χ0v) is 11.3. The summed E-state index contributed by atoms with van der Waals surface area (Å²) in [5.74, 6) is -1.63. The van der Waals surface area contributed by atoms with Gasteiger partial charge in [-0.15, -0.1) is 0 Å². The molecule has 0 aromatic heterocycles. The van der Waals surface area contributed by atoms with Crippen molar-refractivity contribution >= 4 is 11.6 Å². The van der Waals surface area contributed by atoms with E-state index in [0.717, 1.165) is 12.1 Å². The van der Waals surface area contributed by atoms with Crippen LogP contribution in [0, 0.1) is 11.6 Å². The van der Waals surface area contributed by atoms with Crippen molar-refractivity contribution in [1.82, 2.24) is 5.32 Å². The van der Waals surface area contributed by atoms with Crippen molar-refractivity contribution < 1.29 is 18.3 Å². The molecule has 0 unspecified atom stereocenters.